The summed E-state index contributed by atoms with van der Waals surface area (Å²) in [6.45, 7) is 6.91. The Hall–Kier alpha value is -0.200. The van der Waals surface area contributed by atoms with Gasteiger partial charge in [-0.2, -0.15) is 0 Å². The smallest absolute Gasteiger partial charge is 0.0897 e. The van der Waals surface area contributed by atoms with Gasteiger partial charge in [0.2, 0.25) is 0 Å². The molecule has 0 amide bonds. The number of nitrogens with one attached hydrogen (secondary N) is 1. The van der Waals surface area contributed by atoms with Crippen molar-refractivity contribution in [3.05, 3.63) is 0 Å². The molecule has 0 saturated carbocycles. The molecule has 1 aliphatic rings. The Labute approximate surface area is 110 Å². The largest absolute Gasteiger partial charge is 0.389 e. The van der Waals surface area contributed by atoms with Crippen molar-refractivity contribution in [3.8, 4) is 0 Å². The van der Waals surface area contributed by atoms with Crippen molar-refractivity contribution in [2.24, 2.45) is 5.41 Å². The van der Waals surface area contributed by atoms with Gasteiger partial charge in [0.25, 0.3) is 0 Å². The molecule has 1 rings (SSSR count). The summed E-state index contributed by atoms with van der Waals surface area (Å²) in [5.41, 5.74) is 0.300. The van der Waals surface area contributed by atoms with Gasteiger partial charge in [0.15, 0.2) is 0 Å². The fourth-order valence-electron chi connectivity index (χ4n) is 2.00. The van der Waals surface area contributed by atoms with E-state index in [0.717, 1.165) is 32.6 Å². The van der Waals surface area contributed by atoms with Gasteiger partial charge in [0.1, 0.15) is 0 Å². The third-order valence-corrected chi connectivity index (χ3v) is 3.37. The maximum atomic E-state index is 9.71. The zero-order valence-electron chi connectivity index (χ0n) is 11.6. The highest BCUT2D eigenvalue weighted by molar-refractivity contribution is 4.79. The number of hydrogen-bond donors (Lipinski definition) is 2. The maximum Gasteiger partial charge on any atom is 0.0897 e. The average molecular weight is 261 g/mol. The minimum absolute atomic E-state index is 0.300. The molecule has 0 spiro atoms. The van der Waals surface area contributed by atoms with E-state index in [0.29, 0.717) is 31.8 Å². The van der Waals surface area contributed by atoms with Crippen LogP contribution in [0.2, 0.25) is 0 Å². The number of aliphatic hydroxyl groups is 1. The van der Waals surface area contributed by atoms with Crippen molar-refractivity contribution >= 4 is 0 Å². The molecule has 0 radical (unpaired) electrons. The number of aliphatic hydroxyl groups excluding tert-OH is 1. The van der Waals surface area contributed by atoms with Crippen LogP contribution in [0.15, 0.2) is 0 Å². The van der Waals surface area contributed by atoms with E-state index < -0.39 is 6.10 Å². The van der Waals surface area contributed by atoms with Gasteiger partial charge in [-0.1, -0.05) is 6.92 Å². The molecule has 2 N–H and O–H groups in total. The fourth-order valence-corrected chi connectivity index (χ4v) is 2.00. The average Bonchev–Trinajstić information content (AvgIpc) is 2.35. The van der Waals surface area contributed by atoms with Gasteiger partial charge in [-0.05, 0) is 18.3 Å². The molecular formula is C13H27NO4. The Balaban J connectivity index is 2.02. The van der Waals surface area contributed by atoms with Crippen molar-refractivity contribution in [1.29, 1.82) is 0 Å². The zero-order valence-corrected chi connectivity index (χ0v) is 11.6. The molecule has 5 nitrogen and oxygen atoms in total. The molecule has 1 fully saturated rings. The standard InChI is InChI=1S/C13H27NO4/c1-13(3-5-17-6-4-13)11-14-9-12(15)10-18-8-7-16-2/h12,14-15H,3-11H2,1-2H3. The molecular weight excluding hydrogens is 234 g/mol. The number of rotatable bonds is 9. The minimum Gasteiger partial charge on any atom is -0.389 e. The summed E-state index contributed by atoms with van der Waals surface area (Å²) in [5.74, 6) is 0. The monoisotopic (exact) mass is 261 g/mol. The van der Waals surface area contributed by atoms with Crippen LogP contribution in [0.3, 0.4) is 0 Å². The lowest BCUT2D eigenvalue weighted by atomic mass is 9.82. The predicted molar refractivity (Wildman–Crippen MR) is 69.7 cm³/mol. The highest BCUT2D eigenvalue weighted by atomic mass is 16.5. The second-order valence-corrected chi connectivity index (χ2v) is 5.28. The van der Waals surface area contributed by atoms with E-state index in [-0.39, 0.29) is 0 Å². The number of ether oxygens (including phenoxy) is 3. The van der Waals surface area contributed by atoms with E-state index in [1.54, 1.807) is 7.11 Å². The summed E-state index contributed by atoms with van der Waals surface area (Å²) in [6.07, 6.45) is 1.71. The first kappa shape index (κ1) is 15.9. The molecule has 0 aromatic carbocycles. The van der Waals surface area contributed by atoms with E-state index in [9.17, 15) is 5.11 Å². The SMILES string of the molecule is COCCOCC(O)CNCC1(C)CCOCC1. The lowest BCUT2D eigenvalue weighted by Crippen LogP contribution is -2.40. The van der Waals surface area contributed by atoms with Crippen molar-refractivity contribution in [1.82, 2.24) is 5.32 Å². The van der Waals surface area contributed by atoms with Gasteiger partial charge in [-0.25, -0.2) is 0 Å². The molecule has 108 valence electrons. The molecule has 1 heterocycles. The number of hydrogen-bond acceptors (Lipinski definition) is 5. The quantitative estimate of drug-likeness (QED) is 0.589. The first-order valence-electron chi connectivity index (χ1n) is 6.69. The molecule has 0 aliphatic carbocycles. The van der Waals surface area contributed by atoms with E-state index in [4.69, 9.17) is 14.2 Å². The van der Waals surface area contributed by atoms with E-state index in [1.165, 1.54) is 0 Å². The second-order valence-electron chi connectivity index (χ2n) is 5.28. The Morgan fingerprint density at radius 1 is 1.33 bits per heavy atom. The zero-order chi connectivity index (χ0) is 13.3. The lowest BCUT2D eigenvalue weighted by molar-refractivity contribution is 0.00679. The van der Waals surface area contributed by atoms with Crippen LogP contribution in [-0.2, 0) is 14.2 Å². The minimum atomic E-state index is -0.453. The van der Waals surface area contributed by atoms with Crippen LogP contribution >= 0.6 is 0 Å². The second kappa shape index (κ2) is 8.82. The lowest BCUT2D eigenvalue weighted by Gasteiger charge is -2.34. The van der Waals surface area contributed by atoms with Gasteiger partial charge < -0.3 is 24.6 Å². The van der Waals surface area contributed by atoms with Crippen LogP contribution in [0.25, 0.3) is 0 Å². The summed E-state index contributed by atoms with van der Waals surface area (Å²) in [7, 11) is 1.63. The molecule has 0 aromatic rings. The van der Waals surface area contributed by atoms with Crippen molar-refractivity contribution in [3.63, 3.8) is 0 Å². The predicted octanol–water partition coefficient (Wildman–Crippen LogP) is 0.417. The van der Waals surface area contributed by atoms with Crippen molar-refractivity contribution in [2.75, 3.05) is 53.2 Å². The first-order chi connectivity index (χ1) is 8.66. The van der Waals surface area contributed by atoms with Gasteiger partial charge >= 0.3 is 0 Å². The number of methoxy groups -OCH3 is 1. The Morgan fingerprint density at radius 2 is 2.06 bits per heavy atom. The summed E-state index contributed by atoms with van der Waals surface area (Å²) in [6, 6.07) is 0. The molecule has 1 atom stereocenters. The van der Waals surface area contributed by atoms with Crippen LogP contribution in [0.5, 0.6) is 0 Å². The van der Waals surface area contributed by atoms with Crippen LogP contribution in [0.4, 0.5) is 0 Å². The Kier molecular flexibility index (Phi) is 7.77. The van der Waals surface area contributed by atoms with Crippen LogP contribution in [0, 0.1) is 5.41 Å². The van der Waals surface area contributed by atoms with E-state index in [1.807, 2.05) is 0 Å². The Bertz CT molecular complexity index is 207. The van der Waals surface area contributed by atoms with Crippen LogP contribution < -0.4 is 5.32 Å². The van der Waals surface area contributed by atoms with Gasteiger partial charge in [-0.3, -0.25) is 0 Å². The summed E-state index contributed by atoms with van der Waals surface area (Å²) >= 11 is 0. The third kappa shape index (κ3) is 6.66. The first-order valence-corrected chi connectivity index (χ1v) is 6.69. The third-order valence-electron chi connectivity index (χ3n) is 3.37. The highest BCUT2D eigenvalue weighted by Gasteiger charge is 2.26. The van der Waals surface area contributed by atoms with Crippen LogP contribution in [0.1, 0.15) is 19.8 Å². The van der Waals surface area contributed by atoms with Gasteiger partial charge in [-0.15, -0.1) is 0 Å². The molecule has 18 heavy (non-hydrogen) atoms. The van der Waals surface area contributed by atoms with Crippen molar-refractivity contribution in [2.45, 2.75) is 25.9 Å². The van der Waals surface area contributed by atoms with Gasteiger partial charge in [0.05, 0.1) is 25.9 Å². The Morgan fingerprint density at radius 3 is 2.72 bits per heavy atom. The van der Waals surface area contributed by atoms with Crippen molar-refractivity contribution < 1.29 is 19.3 Å². The van der Waals surface area contributed by atoms with Gasteiger partial charge in [0, 0.05) is 33.4 Å². The molecule has 1 saturated heterocycles. The molecule has 0 bridgehead atoms. The van der Waals surface area contributed by atoms with E-state index >= 15 is 0 Å². The normalized spacial score (nSPS) is 20.8. The molecule has 0 aromatic heterocycles. The van der Waals surface area contributed by atoms with E-state index in [2.05, 4.69) is 12.2 Å². The molecule has 5 heteroatoms. The maximum absolute atomic E-state index is 9.71. The summed E-state index contributed by atoms with van der Waals surface area (Å²) in [4.78, 5) is 0. The summed E-state index contributed by atoms with van der Waals surface area (Å²) < 4.78 is 15.5. The molecule has 1 aliphatic heterocycles. The fraction of sp³-hybridized carbons (Fsp3) is 1.00. The highest BCUT2D eigenvalue weighted by Crippen LogP contribution is 2.28. The molecule has 1 unspecified atom stereocenters. The van der Waals surface area contributed by atoms with Crippen LogP contribution in [-0.4, -0.2) is 64.4 Å². The topological polar surface area (TPSA) is 60.0 Å². The summed E-state index contributed by atoms with van der Waals surface area (Å²) in [5, 5.41) is 13.0.